The van der Waals surface area contributed by atoms with Crippen molar-refractivity contribution >= 4 is 5.97 Å². The lowest BCUT2D eigenvalue weighted by atomic mass is 9.88. The fourth-order valence-corrected chi connectivity index (χ4v) is 1.05. The summed E-state index contributed by atoms with van der Waals surface area (Å²) in [5.74, 6) is -1.43. The van der Waals surface area contributed by atoms with Gasteiger partial charge in [-0.15, -0.1) is 0 Å². The Morgan fingerprint density at radius 2 is 2.08 bits per heavy atom. The Balaban J connectivity index is 2.85. The Bertz CT molecular complexity index is 224. The molecule has 0 fully saturated rings. The summed E-state index contributed by atoms with van der Waals surface area (Å²) < 4.78 is 0. The van der Waals surface area contributed by atoms with Crippen molar-refractivity contribution in [1.29, 1.82) is 0 Å². The second-order valence-corrected chi connectivity index (χ2v) is 2.85. The van der Waals surface area contributed by atoms with E-state index in [1.807, 2.05) is 0 Å². The molecule has 5 nitrogen and oxygen atoms in total. The van der Waals surface area contributed by atoms with E-state index in [1.165, 1.54) is 0 Å². The number of rotatable bonds is 1. The zero-order chi connectivity index (χ0) is 9.35. The molecule has 4 N–H and O–H groups in total. The van der Waals surface area contributed by atoms with E-state index in [1.54, 1.807) is 0 Å². The number of carbonyl (C=O) groups is 1. The molecular formula is C7H10O5. The van der Waals surface area contributed by atoms with E-state index < -0.39 is 23.8 Å². The monoisotopic (exact) mass is 174 g/mol. The molecule has 12 heavy (non-hydrogen) atoms. The Hall–Kier alpha value is -0.910. The summed E-state index contributed by atoms with van der Waals surface area (Å²) in [6, 6.07) is 0. The maximum atomic E-state index is 10.4. The molecule has 1 rings (SSSR count). The van der Waals surface area contributed by atoms with Crippen LogP contribution in [-0.4, -0.2) is 44.2 Å². The van der Waals surface area contributed by atoms with Crippen LogP contribution in [-0.2, 0) is 4.79 Å². The van der Waals surface area contributed by atoms with Crippen molar-refractivity contribution in [3.8, 4) is 0 Å². The summed E-state index contributed by atoms with van der Waals surface area (Å²) in [4.78, 5) is 10.4. The Morgan fingerprint density at radius 1 is 1.50 bits per heavy atom. The average molecular weight is 174 g/mol. The molecule has 0 radical (unpaired) electrons. The third kappa shape index (κ3) is 1.47. The summed E-state index contributed by atoms with van der Waals surface area (Å²) in [5.41, 5.74) is -2.04. The highest BCUT2D eigenvalue weighted by atomic mass is 16.4. The quantitative estimate of drug-likeness (QED) is 0.362. The molecule has 0 saturated heterocycles. The minimum Gasteiger partial charge on any atom is -0.479 e. The fraction of sp³-hybridized carbons (Fsp3) is 0.571. The number of aliphatic hydroxyl groups is 3. The van der Waals surface area contributed by atoms with Gasteiger partial charge in [-0.1, -0.05) is 6.08 Å². The van der Waals surface area contributed by atoms with E-state index in [0.29, 0.717) is 0 Å². The smallest absolute Gasteiger partial charge is 0.339 e. The molecule has 0 bridgehead atoms. The summed E-state index contributed by atoms with van der Waals surface area (Å²) in [7, 11) is 0. The van der Waals surface area contributed by atoms with Crippen LogP contribution < -0.4 is 0 Å². The fourth-order valence-electron chi connectivity index (χ4n) is 1.05. The molecule has 5 heteroatoms. The molecule has 1 aliphatic carbocycles. The first-order chi connectivity index (χ1) is 5.46. The lowest BCUT2D eigenvalue weighted by molar-refractivity contribution is -0.158. The second-order valence-electron chi connectivity index (χ2n) is 2.85. The predicted molar refractivity (Wildman–Crippen MR) is 38.4 cm³/mol. The molecule has 3 atom stereocenters. The van der Waals surface area contributed by atoms with Crippen LogP contribution in [0.3, 0.4) is 0 Å². The van der Waals surface area contributed by atoms with Crippen LogP contribution in [0.15, 0.2) is 12.2 Å². The van der Waals surface area contributed by atoms with E-state index >= 15 is 0 Å². The van der Waals surface area contributed by atoms with Crippen molar-refractivity contribution < 1.29 is 25.2 Å². The third-order valence-corrected chi connectivity index (χ3v) is 1.85. The number of hydrogen-bond donors (Lipinski definition) is 4. The van der Waals surface area contributed by atoms with Crippen LogP contribution in [0.5, 0.6) is 0 Å². The van der Waals surface area contributed by atoms with Gasteiger partial charge in [-0.3, -0.25) is 0 Å². The van der Waals surface area contributed by atoms with Gasteiger partial charge in [0.1, 0.15) is 0 Å². The molecule has 0 unspecified atom stereocenters. The van der Waals surface area contributed by atoms with Gasteiger partial charge >= 0.3 is 5.97 Å². The highest BCUT2D eigenvalue weighted by Crippen LogP contribution is 2.22. The van der Waals surface area contributed by atoms with Crippen molar-refractivity contribution in [3.05, 3.63) is 12.2 Å². The molecule has 0 aromatic rings. The molecule has 0 spiro atoms. The molecule has 0 aromatic carbocycles. The number of hydrogen-bond acceptors (Lipinski definition) is 4. The number of aliphatic hydroxyl groups excluding tert-OH is 2. The molecule has 0 aromatic heterocycles. The average Bonchev–Trinajstić information content (AvgIpc) is 1.97. The summed E-state index contributed by atoms with van der Waals surface area (Å²) in [6.07, 6.45) is -0.657. The van der Waals surface area contributed by atoms with Gasteiger partial charge in [-0.05, 0) is 6.08 Å². The Labute approximate surface area is 68.6 Å². The van der Waals surface area contributed by atoms with Crippen LogP contribution in [0, 0.1) is 0 Å². The van der Waals surface area contributed by atoms with Crippen LogP contribution >= 0.6 is 0 Å². The number of aliphatic carboxylic acids is 1. The predicted octanol–water partition coefficient (Wildman–Crippen LogP) is -1.52. The van der Waals surface area contributed by atoms with Crippen molar-refractivity contribution in [2.45, 2.75) is 24.2 Å². The number of carboxylic acid groups (broad SMARTS) is 1. The zero-order valence-corrected chi connectivity index (χ0v) is 6.21. The minimum atomic E-state index is -2.04. The van der Waals surface area contributed by atoms with Crippen LogP contribution in [0.25, 0.3) is 0 Å². The van der Waals surface area contributed by atoms with Gasteiger partial charge in [0.15, 0.2) is 5.60 Å². The lowest BCUT2D eigenvalue weighted by Crippen LogP contribution is -2.46. The highest BCUT2D eigenvalue weighted by Gasteiger charge is 2.40. The molecule has 68 valence electrons. The SMILES string of the molecule is O=C(O)[C@]1(O)C=C[C@@H](O)[C@H](O)C1. The van der Waals surface area contributed by atoms with Crippen molar-refractivity contribution in [2.24, 2.45) is 0 Å². The highest BCUT2D eigenvalue weighted by molar-refractivity contribution is 5.80. The van der Waals surface area contributed by atoms with Crippen LogP contribution in [0.1, 0.15) is 6.42 Å². The van der Waals surface area contributed by atoms with Gasteiger partial charge < -0.3 is 20.4 Å². The Kier molecular flexibility index (Phi) is 2.18. The third-order valence-electron chi connectivity index (χ3n) is 1.85. The first-order valence-electron chi connectivity index (χ1n) is 3.47. The van der Waals surface area contributed by atoms with Gasteiger partial charge in [0.05, 0.1) is 12.2 Å². The molecular weight excluding hydrogens is 164 g/mol. The van der Waals surface area contributed by atoms with Crippen molar-refractivity contribution in [3.63, 3.8) is 0 Å². The topological polar surface area (TPSA) is 98.0 Å². The normalized spacial score (nSPS) is 41.2. The minimum absolute atomic E-state index is 0.389. The van der Waals surface area contributed by atoms with E-state index in [2.05, 4.69) is 0 Å². The Morgan fingerprint density at radius 3 is 2.50 bits per heavy atom. The van der Waals surface area contributed by atoms with E-state index in [-0.39, 0.29) is 6.42 Å². The molecule has 0 saturated carbocycles. The maximum absolute atomic E-state index is 10.4. The second kappa shape index (κ2) is 2.85. The van der Waals surface area contributed by atoms with Gasteiger partial charge in [-0.25, -0.2) is 4.79 Å². The van der Waals surface area contributed by atoms with E-state index in [4.69, 9.17) is 15.3 Å². The van der Waals surface area contributed by atoms with Crippen LogP contribution in [0.4, 0.5) is 0 Å². The van der Waals surface area contributed by atoms with Gasteiger partial charge in [-0.2, -0.15) is 0 Å². The van der Waals surface area contributed by atoms with Crippen molar-refractivity contribution in [2.75, 3.05) is 0 Å². The zero-order valence-electron chi connectivity index (χ0n) is 6.21. The molecule has 0 heterocycles. The first kappa shape index (κ1) is 9.18. The van der Waals surface area contributed by atoms with Gasteiger partial charge in [0, 0.05) is 6.42 Å². The summed E-state index contributed by atoms with van der Waals surface area (Å²) >= 11 is 0. The molecule has 0 aliphatic heterocycles. The molecule has 1 aliphatic rings. The summed E-state index contributed by atoms with van der Waals surface area (Å²) in [6.45, 7) is 0. The van der Waals surface area contributed by atoms with Gasteiger partial charge in [0.2, 0.25) is 0 Å². The standard InChI is InChI=1S/C7H10O5/c8-4-1-2-7(12,6(10)11)3-5(4)9/h1-2,4-5,8-9,12H,3H2,(H,10,11)/t4-,5-,7+/m1/s1. The van der Waals surface area contributed by atoms with Gasteiger partial charge in [0.25, 0.3) is 0 Å². The first-order valence-corrected chi connectivity index (χ1v) is 3.47. The van der Waals surface area contributed by atoms with E-state index in [9.17, 15) is 9.90 Å². The van der Waals surface area contributed by atoms with Crippen LogP contribution in [0.2, 0.25) is 0 Å². The van der Waals surface area contributed by atoms with E-state index in [0.717, 1.165) is 12.2 Å². The number of carboxylic acids is 1. The van der Waals surface area contributed by atoms with Crippen molar-refractivity contribution in [1.82, 2.24) is 0 Å². The molecule has 0 amide bonds. The maximum Gasteiger partial charge on any atom is 0.339 e. The largest absolute Gasteiger partial charge is 0.479 e. The lowest BCUT2D eigenvalue weighted by Gasteiger charge is -2.28. The summed E-state index contributed by atoms with van der Waals surface area (Å²) in [5, 5.41) is 35.8.